The van der Waals surface area contributed by atoms with E-state index in [4.69, 9.17) is 34.8 Å². The summed E-state index contributed by atoms with van der Waals surface area (Å²) in [6, 6.07) is 0. The van der Waals surface area contributed by atoms with Crippen molar-refractivity contribution < 1.29 is 0 Å². The summed E-state index contributed by atoms with van der Waals surface area (Å²) in [4.78, 5) is 0. The lowest BCUT2D eigenvalue weighted by Crippen LogP contribution is -2.29. The maximum absolute atomic E-state index is 5.85. The van der Waals surface area contributed by atoms with E-state index in [-0.39, 0.29) is 16.1 Å². The predicted molar refractivity (Wildman–Crippen MR) is 42.8 cm³/mol. The van der Waals surface area contributed by atoms with Gasteiger partial charge in [0, 0.05) is 0 Å². The summed E-state index contributed by atoms with van der Waals surface area (Å²) in [6.45, 7) is 0. The van der Waals surface area contributed by atoms with Crippen molar-refractivity contribution in [2.45, 2.75) is 35.4 Å². The first-order valence-electron chi connectivity index (χ1n) is 3.14. The van der Waals surface area contributed by atoms with Gasteiger partial charge in [0.2, 0.25) is 0 Å². The fourth-order valence-corrected chi connectivity index (χ4v) is 2.04. The van der Waals surface area contributed by atoms with Gasteiger partial charge in [-0.1, -0.05) is 6.42 Å². The Labute approximate surface area is 70.5 Å². The third kappa shape index (κ3) is 1.89. The molecule has 1 saturated carbocycles. The molecule has 1 aliphatic carbocycles. The van der Waals surface area contributed by atoms with Crippen LogP contribution in [0.4, 0.5) is 0 Å². The van der Waals surface area contributed by atoms with Gasteiger partial charge in [-0.25, -0.2) is 0 Å². The molecule has 0 bridgehead atoms. The van der Waals surface area contributed by atoms with Crippen molar-refractivity contribution in [1.82, 2.24) is 0 Å². The molecule has 0 aromatic heterocycles. The summed E-state index contributed by atoms with van der Waals surface area (Å²) in [5.41, 5.74) is 0. The Morgan fingerprint density at radius 1 is 0.889 bits per heavy atom. The molecule has 0 aliphatic heterocycles. The van der Waals surface area contributed by atoms with Gasteiger partial charge in [0.15, 0.2) is 0 Å². The van der Waals surface area contributed by atoms with Crippen molar-refractivity contribution in [3.05, 3.63) is 0 Å². The van der Waals surface area contributed by atoms with Crippen LogP contribution in [0.3, 0.4) is 0 Å². The van der Waals surface area contributed by atoms with Crippen LogP contribution in [0.15, 0.2) is 0 Å². The molecule has 0 N–H and O–H groups in total. The van der Waals surface area contributed by atoms with Gasteiger partial charge in [0.1, 0.15) is 0 Å². The highest BCUT2D eigenvalue weighted by Crippen LogP contribution is 2.30. The van der Waals surface area contributed by atoms with Crippen molar-refractivity contribution in [2.75, 3.05) is 0 Å². The van der Waals surface area contributed by atoms with Gasteiger partial charge < -0.3 is 0 Å². The molecule has 0 radical (unpaired) electrons. The van der Waals surface area contributed by atoms with Crippen LogP contribution < -0.4 is 0 Å². The number of alkyl halides is 3. The summed E-state index contributed by atoms with van der Waals surface area (Å²) in [6.07, 6.45) is 3.14. The topological polar surface area (TPSA) is 0 Å². The van der Waals surface area contributed by atoms with E-state index in [1.165, 1.54) is 0 Å². The van der Waals surface area contributed by atoms with Gasteiger partial charge in [-0.15, -0.1) is 34.8 Å². The molecule has 2 atom stereocenters. The monoisotopic (exact) mass is 186 g/mol. The predicted octanol–water partition coefficient (Wildman–Crippen LogP) is 2.99. The van der Waals surface area contributed by atoms with Gasteiger partial charge in [-0.3, -0.25) is 0 Å². The largest absolute Gasteiger partial charge is 0.121 e. The Bertz CT molecular complexity index is 84.3. The minimum absolute atomic E-state index is 0.0258. The molecule has 0 amide bonds. The van der Waals surface area contributed by atoms with Crippen molar-refractivity contribution in [3.8, 4) is 0 Å². The molecule has 2 unspecified atom stereocenters. The second-order valence-corrected chi connectivity index (χ2v) is 4.03. The van der Waals surface area contributed by atoms with Gasteiger partial charge in [0.25, 0.3) is 0 Å². The van der Waals surface area contributed by atoms with E-state index in [9.17, 15) is 0 Å². The summed E-state index contributed by atoms with van der Waals surface area (Å²) >= 11 is 17.5. The number of halogens is 3. The van der Waals surface area contributed by atoms with E-state index in [0.717, 1.165) is 19.3 Å². The molecule has 1 aliphatic rings. The van der Waals surface area contributed by atoms with Crippen LogP contribution >= 0.6 is 34.8 Å². The molecule has 1 fully saturated rings. The van der Waals surface area contributed by atoms with E-state index in [1.54, 1.807) is 0 Å². The minimum atomic E-state index is -0.0258. The molecule has 0 nitrogen and oxygen atoms in total. The van der Waals surface area contributed by atoms with Crippen molar-refractivity contribution in [2.24, 2.45) is 0 Å². The van der Waals surface area contributed by atoms with E-state index in [1.807, 2.05) is 0 Å². The molecule has 0 saturated heterocycles. The minimum Gasteiger partial charge on any atom is -0.121 e. The molecule has 1 rings (SSSR count). The maximum atomic E-state index is 5.85. The second-order valence-electron chi connectivity index (χ2n) is 2.41. The van der Waals surface area contributed by atoms with Crippen molar-refractivity contribution >= 4 is 34.8 Å². The number of hydrogen-bond donors (Lipinski definition) is 0. The summed E-state index contributed by atoms with van der Waals surface area (Å²) in [7, 11) is 0. The van der Waals surface area contributed by atoms with Crippen LogP contribution in [-0.2, 0) is 0 Å². The molecule has 0 spiro atoms. The highest BCUT2D eigenvalue weighted by atomic mass is 35.5. The lowest BCUT2D eigenvalue weighted by atomic mass is 9.99. The van der Waals surface area contributed by atoms with E-state index < -0.39 is 0 Å². The van der Waals surface area contributed by atoms with Gasteiger partial charge >= 0.3 is 0 Å². The molecule has 0 heterocycles. The molecule has 0 aromatic rings. The Morgan fingerprint density at radius 2 is 1.33 bits per heavy atom. The molecular formula is C6H9Cl3. The average molecular weight is 187 g/mol. The van der Waals surface area contributed by atoms with E-state index >= 15 is 0 Å². The maximum Gasteiger partial charge on any atom is 0.0663 e. The SMILES string of the molecule is ClC1CCCC(Cl)C1Cl. The third-order valence-corrected chi connectivity index (χ3v) is 3.50. The molecule has 3 heteroatoms. The lowest BCUT2D eigenvalue weighted by molar-refractivity contribution is 0.524. The van der Waals surface area contributed by atoms with Crippen molar-refractivity contribution in [1.29, 1.82) is 0 Å². The van der Waals surface area contributed by atoms with Gasteiger partial charge in [0.05, 0.1) is 16.1 Å². The number of hydrogen-bond acceptors (Lipinski definition) is 0. The Kier molecular flexibility index (Phi) is 2.94. The first-order chi connectivity index (χ1) is 4.22. The smallest absolute Gasteiger partial charge is 0.0663 e. The zero-order valence-corrected chi connectivity index (χ0v) is 7.26. The zero-order valence-electron chi connectivity index (χ0n) is 4.99. The van der Waals surface area contributed by atoms with E-state index in [2.05, 4.69) is 0 Å². The highest BCUT2D eigenvalue weighted by molar-refractivity contribution is 6.35. The van der Waals surface area contributed by atoms with Crippen LogP contribution in [0.2, 0.25) is 0 Å². The summed E-state index contributed by atoms with van der Waals surface area (Å²) in [5, 5.41) is 0.146. The fourth-order valence-electron chi connectivity index (χ4n) is 1.05. The average Bonchev–Trinajstić information content (AvgIpc) is 1.83. The van der Waals surface area contributed by atoms with Crippen LogP contribution in [-0.4, -0.2) is 16.1 Å². The van der Waals surface area contributed by atoms with Crippen LogP contribution in [0, 0.1) is 0 Å². The molecule has 9 heavy (non-hydrogen) atoms. The summed E-state index contributed by atoms with van der Waals surface area (Å²) in [5.74, 6) is 0. The molecule has 0 aromatic carbocycles. The second kappa shape index (κ2) is 3.32. The van der Waals surface area contributed by atoms with Crippen molar-refractivity contribution in [3.63, 3.8) is 0 Å². The zero-order chi connectivity index (χ0) is 6.85. The van der Waals surface area contributed by atoms with Gasteiger partial charge in [-0.2, -0.15) is 0 Å². The Hall–Kier alpha value is 0.870. The summed E-state index contributed by atoms with van der Waals surface area (Å²) < 4.78 is 0. The lowest BCUT2D eigenvalue weighted by Gasteiger charge is -2.25. The standard InChI is InChI=1S/C6H9Cl3/c7-4-2-1-3-5(8)6(4)9/h4-6H,1-3H2. The number of rotatable bonds is 0. The van der Waals surface area contributed by atoms with Crippen LogP contribution in [0.1, 0.15) is 19.3 Å². The van der Waals surface area contributed by atoms with Crippen LogP contribution in [0.5, 0.6) is 0 Å². The van der Waals surface area contributed by atoms with Crippen LogP contribution in [0.25, 0.3) is 0 Å². The Morgan fingerprint density at radius 3 is 1.67 bits per heavy atom. The molecule has 54 valence electrons. The first kappa shape index (κ1) is 7.97. The van der Waals surface area contributed by atoms with E-state index in [0.29, 0.717) is 0 Å². The van der Waals surface area contributed by atoms with Gasteiger partial charge in [-0.05, 0) is 12.8 Å². The normalized spacial score (nSPS) is 45.0. The Balaban J connectivity index is 2.41. The first-order valence-corrected chi connectivity index (χ1v) is 4.45. The highest BCUT2D eigenvalue weighted by Gasteiger charge is 2.28. The third-order valence-electron chi connectivity index (χ3n) is 1.65. The molecular weight excluding hydrogens is 178 g/mol. The quantitative estimate of drug-likeness (QED) is 0.512. The fraction of sp³-hybridized carbons (Fsp3) is 1.00.